The van der Waals surface area contributed by atoms with Crippen LogP contribution in [0, 0.1) is 12.7 Å². The third-order valence-corrected chi connectivity index (χ3v) is 2.86. The van der Waals surface area contributed by atoms with Gasteiger partial charge in [0.05, 0.1) is 18.1 Å². The zero-order valence-electron chi connectivity index (χ0n) is 9.41. The van der Waals surface area contributed by atoms with Crippen molar-refractivity contribution in [2.45, 2.75) is 13.5 Å². The van der Waals surface area contributed by atoms with Crippen LogP contribution in [0.1, 0.15) is 11.4 Å². The summed E-state index contributed by atoms with van der Waals surface area (Å²) in [6.07, 6.45) is 0. The highest BCUT2D eigenvalue weighted by molar-refractivity contribution is 9.10. The SMILES string of the molecule is Cc1cc(Br)c(F)cc1NCc1nnn(C)n1. The van der Waals surface area contributed by atoms with E-state index in [1.54, 1.807) is 13.1 Å². The zero-order valence-corrected chi connectivity index (χ0v) is 11.0. The molecule has 0 unspecified atom stereocenters. The number of nitrogens with one attached hydrogen (secondary N) is 1. The van der Waals surface area contributed by atoms with Crippen molar-refractivity contribution in [3.63, 3.8) is 0 Å². The number of anilines is 1. The Kier molecular flexibility index (Phi) is 3.37. The first-order chi connectivity index (χ1) is 8.06. The molecular weight excluding hydrogens is 289 g/mol. The quantitative estimate of drug-likeness (QED) is 0.942. The highest BCUT2D eigenvalue weighted by atomic mass is 79.9. The molecule has 0 saturated carbocycles. The van der Waals surface area contributed by atoms with Crippen molar-refractivity contribution in [1.82, 2.24) is 20.2 Å². The lowest BCUT2D eigenvalue weighted by atomic mass is 10.2. The molecule has 1 N–H and O–H groups in total. The highest BCUT2D eigenvalue weighted by Gasteiger charge is 2.06. The molecule has 5 nitrogen and oxygen atoms in total. The molecule has 0 aliphatic carbocycles. The summed E-state index contributed by atoms with van der Waals surface area (Å²) in [7, 11) is 1.70. The molecule has 0 atom stereocenters. The number of aromatic nitrogens is 4. The fourth-order valence-corrected chi connectivity index (χ4v) is 1.86. The van der Waals surface area contributed by atoms with Crippen LogP contribution < -0.4 is 5.32 Å². The van der Waals surface area contributed by atoms with Crippen LogP contribution in [0.25, 0.3) is 0 Å². The minimum absolute atomic E-state index is 0.301. The van der Waals surface area contributed by atoms with E-state index in [0.29, 0.717) is 16.8 Å². The molecule has 1 aromatic heterocycles. The molecule has 1 aromatic carbocycles. The van der Waals surface area contributed by atoms with Crippen LogP contribution in [-0.2, 0) is 13.6 Å². The second-order valence-corrected chi connectivity index (χ2v) is 4.48. The van der Waals surface area contributed by atoms with Crippen LogP contribution in [0.2, 0.25) is 0 Å². The third kappa shape index (κ3) is 2.79. The molecule has 0 saturated heterocycles. The van der Waals surface area contributed by atoms with Crippen LogP contribution in [0.15, 0.2) is 16.6 Å². The van der Waals surface area contributed by atoms with Crippen molar-refractivity contribution in [3.8, 4) is 0 Å². The molecule has 7 heteroatoms. The van der Waals surface area contributed by atoms with Gasteiger partial charge >= 0.3 is 0 Å². The lowest BCUT2D eigenvalue weighted by molar-refractivity contribution is 0.621. The number of hydrogen-bond acceptors (Lipinski definition) is 4. The van der Waals surface area contributed by atoms with Gasteiger partial charge in [-0.05, 0) is 45.8 Å². The van der Waals surface area contributed by atoms with Crippen molar-refractivity contribution in [2.75, 3.05) is 5.32 Å². The molecule has 0 amide bonds. The Morgan fingerprint density at radius 2 is 2.24 bits per heavy atom. The summed E-state index contributed by atoms with van der Waals surface area (Å²) in [5.74, 6) is 0.264. The van der Waals surface area contributed by atoms with Gasteiger partial charge in [-0.3, -0.25) is 0 Å². The van der Waals surface area contributed by atoms with E-state index < -0.39 is 0 Å². The Labute approximate surface area is 106 Å². The van der Waals surface area contributed by atoms with Crippen LogP contribution in [0.3, 0.4) is 0 Å². The number of hydrogen-bond donors (Lipinski definition) is 1. The van der Waals surface area contributed by atoms with Gasteiger partial charge in [0.1, 0.15) is 5.82 Å². The first-order valence-electron chi connectivity index (χ1n) is 4.98. The number of nitrogens with zero attached hydrogens (tertiary/aromatic N) is 4. The van der Waals surface area contributed by atoms with Crippen LogP contribution in [0.4, 0.5) is 10.1 Å². The molecule has 0 bridgehead atoms. The topological polar surface area (TPSA) is 55.6 Å². The smallest absolute Gasteiger partial charge is 0.193 e. The molecule has 2 rings (SSSR count). The van der Waals surface area contributed by atoms with E-state index in [2.05, 4.69) is 36.7 Å². The summed E-state index contributed by atoms with van der Waals surface area (Å²) in [4.78, 5) is 1.38. The van der Waals surface area contributed by atoms with Crippen molar-refractivity contribution < 1.29 is 4.39 Å². The monoisotopic (exact) mass is 299 g/mol. The number of benzene rings is 1. The Morgan fingerprint density at radius 1 is 1.47 bits per heavy atom. The maximum atomic E-state index is 13.4. The lowest BCUT2D eigenvalue weighted by Gasteiger charge is -2.08. The molecule has 90 valence electrons. The normalized spacial score (nSPS) is 10.6. The maximum absolute atomic E-state index is 13.4. The van der Waals surface area contributed by atoms with E-state index in [1.807, 2.05) is 6.92 Å². The van der Waals surface area contributed by atoms with E-state index in [0.717, 1.165) is 11.3 Å². The van der Waals surface area contributed by atoms with Gasteiger partial charge in [-0.25, -0.2) is 4.39 Å². The Hall–Kier alpha value is -1.50. The molecule has 0 radical (unpaired) electrons. The molecular formula is C10H11BrFN5. The third-order valence-electron chi connectivity index (χ3n) is 2.25. The second-order valence-electron chi connectivity index (χ2n) is 3.63. The van der Waals surface area contributed by atoms with E-state index in [-0.39, 0.29) is 5.82 Å². The average Bonchev–Trinajstić information content (AvgIpc) is 2.68. The van der Waals surface area contributed by atoms with Gasteiger partial charge in [-0.1, -0.05) is 0 Å². The summed E-state index contributed by atoms with van der Waals surface area (Å²) < 4.78 is 13.8. The fourth-order valence-electron chi connectivity index (χ4n) is 1.41. The maximum Gasteiger partial charge on any atom is 0.193 e. The standard InChI is InChI=1S/C10H11BrFN5/c1-6-3-7(11)8(12)4-9(6)13-5-10-14-16-17(2)15-10/h3-4,13H,5H2,1-2H3. The summed E-state index contributed by atoms with van der Waals surface area (Å²) in [5, 5.41) is 14.6. The fraction of sp³-hybridized carbons (Fsp3) is 0.300. The second kappa shape index (κ2) is 4.79. The first-order valence-corrected chi connectivity index (χ1v) is 5.78. The van der Waals surface area contributed by atoms with Gasteiger partial charge in [0, 0.05) is 5.69 Å². The predicted molar refractivity (Wildman–Crippen MR) is 65.0 cm³/mol. The molecule has 1 heterocycles. The number of tetrazole rings is 1. The molecule has 0 spiro atoms. The summed E-state index contributed by atoms with van der Waals surface area (Å²) >= 11 is 3.14. The minimum atomic E-state index is -0.301. The van der Waals surface area contributed by atoms with Gasteiger partial charge in [-0.15, -0.1) is 10.2 Å². The molecule has 0 fully saturated rings. The van der Waals surface area contributed by atoms with E-state index in [1.165, 1.54) is 10.9 Å². The lowest BCUT2D eigenvalue weighted by Crippen LogP contribution is -2.04. The van der Waals surface area contributed by atoms with E-state index in [9.17, 15) is 4.39 Å². The largest absolute Gasteiger partial charge is 0.377 e. The Morgan fingerprint density at radius 3 is 2.88 bits per heavy atom. The van der Waals surface area contributed by atoms with E-state index in [4.69, 9.17) is 0 Å². The molecule has 0 aliphatic heterocycles. The Bertz CT molecular complexity index is 539. The van der Waals surface area contributed by atoms with Gasteiger partial charge < -0.3 is 5.32 Å². The highest BCUT2D eigenvalue weighted by Crippen LogP contribution is 2.24. The summed E-state index contributed by atoms with van der Waals surface area (Å²) in [5.41, 5.74) is 1.67. The number of rotatable bonds is 3. The first kappa shape index (κ1) is 12.0. The van der Waals surface area contributed by atoms with Crippen molar-refractivity contribution >= 4 is 21.6 Å². The van der Waals surface area contributed by atoms with Gasteiger partial charge in [-0.2, -0.15) is 4.80 Å². The van der Waals surface area contributed by atoms with Crippen molar-refractivity contribution in [1.29, 1.82) is 0 Å². The number of aryl methyl sites for hydroxylation is 2. The molecule has 17 heavy (non-hydrogen) atoms. The van der Waals surface area contributed by atoms with Gasteiger partial charge in [0.15, 0.2) is 5.82 Å². The summed E-state index contributed by atoms with van der Waals surface area (Å²) in [6.45, 7) is 2.31. The summed E-state index contributed by atoms with van der Waals surface area (Å²) in [6, 6.07) is 3.16. The molecule has 2 aromatic rings. The van der Waals surface area contributed by atoms with Crippen LogP contribution in [0.5, 0.6) is 0 Å². The average molecular weight is 300 g/mol. The number of halogens is 2. The van der Waals surface area contributed by atoms with Crippen molar-refractivity contribution in [3.05, 3.63) is 33.8 Å². The van der Waals surface area contributed by atoms with Crippen LogP contribution in [-0.4, -0.2) is 20.2 Å². The zero-order chi connectivity index (χ0) is 12.4. The Balaban J connectivity index is 2.11. The van der Waals surface area contributed by atoms with Gasteiger partial charge in [0.25, 0.3) is 0 Å². The van der Waals surface area contributed by atoms with Gasteiger partial charge in [0.2, 0.25) is 0 Å². The predicted octanol–water partition coefficient (Wildman–Crippen LogP) is 2.03. The molecule has 0 aliphatic rings. The van der Waals surface area contributed by atoms with Crippen molar-refractivity contribution in [2.24, 2.45) is 7.05 Å². The van der Waals surface area contributed by atoms with Crippen LogP contribution >= 0.6 is 15.9 Å². The minimum Gasteiger partial charge on any atom is -0.377 e. The van der Waals surface area contributed by atoms with E-state index >= 15 is 0 Å².